The topological polar surface area (TPSA) is 81.1 Å². The molecule has 0 aliphatic heterocycles. The molecule has 4 nitrogen and oxygen atoms in total. The van der Waals surface area contributed by atoms with E-state index in [9.17, 15) is 4.79 Å². The third-order valence-corrected chi connectivity index (χ3v) is 5.38. The highest BCUT2D eigenvalue weighted by molar-refractivity contribution is 7.18. The van der Waals surface area contributed by atoms with Crippen LogP contribution in [-0.2, 0) is 0 Å². The Labute approximate surface area is 117 Å². The molecule has 0 unspecified atom stereocenters. The normalized spacial score (nSPS) is 19.5. The molecule has 0 bridgehead atoms. The summed E-state index contributed by atoms with van der Waals surface area (Å²) in [7, 11) is 0. The van der Waals surface area contributed by atoms with Gasteiger partial charge in [-0.2, -0.15) is 0 Å². The van der Waals surface area contributed by atoms with Gasteiger partial charge in [-0.1, -0.05) is 0 Å². The zero-order valence-electron chi connectivity index (χ0n) is 11.5. The maximum Gasteiger partial charge on any atom is 0.260 e. The van der Waals surface area contributed by atoms with Crippen molar-refractivity contribution in [1.82, 2.24) is 0 Å². The second-order valence-electron chi connectivity index (χ2n) is 6.35. The summed E-state index contributed by atoms with van der Waals surface area (Å²) in [6.07, 6.45) is 4.89. The molecule has 0 radical (unpaired) electrons. The summed E-state index contributed by atoms with van der Waals surface area (Å²) in [5.74, 6) is 0.823. The Morgan fingerprint density at radius 2 is 1.95 bits per heavy atom. The molecule has 0 spiro atoms. The zero-order valence-corrected chi connectivity index (χ0v) is 12.3. The lowest BCUT2D eigenvalue weighted by Gasteiger charge is -2.27. The monoisotopic (exact) mass is 279 g/mol. The van der Waals surface area contributed by atoms with Crippen LogP contribution in [0.2, 0.25) is 0 Å². The van der Waals surface area contributed by atoms with E-state index in [1.807, 2.05) is 0 Å². The molecule has 1 heterocycles. The summed E-state index contributed by atoms with van der Waals surface area (Å²) >= 11 is 1.42. The highest BCUT2D eigenvalue weighted by atomic mass is 32.1. The fraction of sp³-hybridized carbons (Fsp3) is 0.643. The van der Waals surface area contributed by atoms with Crippen molar-refractivity contribution >= 4 is 27.9 Å². The number of rotatable bonds is 5. The van der Waals surface area contributed by atoms with E-state index in [0.717, 1.165) is 29.3 Å². The average molecular weight is 279 g/mol. The van der Waals surface area contributed by atoms with Gasteiger partial charge in [0.15, 0.2) is 0 Å². The Balaban J connectivity index is 1.95. The highest BCUT2D eigenvalue weighted by Crippen LogP contribution is 2.52. The van der Waals surface area contributed by atoms with E-state index in [0.29, 0.717) is 16.5 Å². The van der Waals surface area contributed by atoms with Gasteiger partial charge in [-0.3, -0.25) is 4.79 Å². The number of anilines is 2. The third kappa shape index (κ3) is 2.31. The van der Waals surface area contributed by atoms with E-state index in [-0.39, 0.29) is 5.54 Å². The minimum Gasteiger partial charge on any atom is -0.397 e. The molecule has 5 heteroatoms. The molecule has 2 fully saturated rings. The first kappa shape index (κ1) is 12.8. The number of thiophene rings is 1. The molecule has 2 aliphatic carbocycles. The van der Waals surface area contributed by atoms with Crippen LogP contribution < -0.4 is 16.8 Å². The number of hydrogen-bond acceptors (Lipinski definition) is 4. The number of nitrogen functional groups attached to an aromatic ring is 1. The van der Waals surface area contributed by atoms with Crippen LogP contribution in [0.1, 0.15) is 60.7 Å². The molecular formula is C14H21N3OS. The second kappa shape index (κ2) is 4.13. The molecule has 19 heavy (non-hydrogen) atoms. The molecule has 0 saturated heterocycles. The van der Waals surface area contributed by atoms with Gasteiger partial charge in [-0.25, -0.2) is 0 Å². The van der Waals surface area contributed by atoms with E-state index in [2.05, 4.69) is 19.2 Å². The summed E-state index contributed by atoms with van der Waals surface area (Å²) in [5.41, 5.74) is 13.3. The van der Waals surface area contributed by atoms with Crippen molar-refractivity contribution < 1.29 is 4.79 Å². The number of nitrogens with one attached hydrogen (secondary N) is 1. The summed E-state index contributed by atoms with van der Waals surface area (Å²) < 4.78 is 0. The first-order valence-corrected chi connectivity index (χ1v) is 7.72. The van der Waals surface area contributed by atoms with E-state index < -0.39 is 5.91 Å². The molecule has 1 aromatic heterocycles. The molecule has 1 amide bonds. The van der Waals surface area contributed by atoms with Gasteiger partial charge < -0.3 is 16.8 Å². The molecule has 1 aromatic rings. The summed E-state index contributed by atoms with van der Waals surface area (Å²) in [4.78, 5) is 12.0. The van der Waals surface area contributed by atoms with Gasteiger partial charge in [0.25, 0.3) is 5.91 Å². The fourth-order valence-electron chi connectivity index (χ4n) is 2.71. The van der Waals surface area contributed by atoms with Gasteiger partial charge in [-0.15, -0.1) is 11.3 Å². The van der Waals surface area contributed by atoms with Gasteiger partial charge in [0, 0.05) is 11.1 Å². The van der Waals surface area contributed by atoms with Crippen LogP contribution in [0.4, 0.5) is 10.7 Å². The maximum atomic E-state index is 11.5. The summed E-state index contributed by atoms with van der Waals surface area (Å²) in [6, 6.07) is 0. The number of primary amides is 1. The van der Waals surface area contributed by atoms with Crippen LogP contribution in [0.3, 0.4) is 0 Å². The van der Waals surface area contributed by atoms with Crippen LogP contribution in [-0.4, -0.2) is 11.4 Å². The molecule has 2 saturated carbocycles. The van der Waals surface area contributed by atoms with Gasteiger partial charge in [0.2, 0.25) is 0 Å². The van der Waals surface area contributed by atoms with Gasteiger partial charge in [0.05, 0.1) is 10.7 Å². The quantitative estimate of drug-likeness (QED) is 0.775. The number of carbonyl (C=O) groups excluding carboxylic acids is 1. The molecule has 3 rings (SSSR count). The smallest absolute Gasteiger partial charge is 0.260 e. The van der Waals surface area contributed by atoms with Crippen molar-refractivity contribution in [2.45, 2.75) is 51.0 Å². The Morgan fingerprint density at radius 3 is 2.42 bits per heavy atom. The minimum absolute atomic E-state index is 0.0653. The number of carbonyl (C=O) groups is 1. The molecule has 2 aliphatic rings. The second-order valence-corrected chi connectivity index (χ2v) is 7.37. The first-order valence-electron chi connectivity index (χ1n) is 6.90. The average Bonchev–Trinajstić information content (AvgIpc) is 3.16. The van der Waals surface area contributed by atoms with E-state index in [4.69, 9.17) is 11.5 Å². The minimum atomic E-state index is -0.415. The van der Waals surface area contributed by atoms with Gasteiger partial charge >= 0.3 is 0 Å². The van der Waals surface area contributed by atoms with E-state index >= 15 is 0 Å². The van der Waals surface area contributed by atoms with Crippen molar-refractivity contribution in [2.75, 3.05) is 11.1 Å². The van der Waals surface area contributed by atoms with Crippen LogP contribution >= 0.6 is 11.3 Å². The van der Waals surface area contributed by atoms with Crippen molar-refractivity contribution in [2.24, 2.45) is 11.7 Å². The number of hydrogen-bond donors (Lipinski definition) is 3. The predicted octanol–water partition coefficient (Wildman–Crippen LogP) is 2.91. The van der Waals surface area contributed by atoms with Crippen LogP contribution in [0.15, 0.2) is 0 Å². The lowest BCUT2D eigenvalue weighted by atomic mass is 9.98. The predicted molar refractivity (Wildman–Crippen MR) is 79.7 cm³/mol. The molecular weight excluding hydrogens is 258 g/mol. The standard InChI is InChI=1S/C14H21N3OS/c1-14(2,8-5-6-8)17-13-9(7-3-4-7)10(15)11(19-13)12(16)18/h7-8,17H,3-6,15H2,1-2H3,(H2,16,18). The van der Waals surface area contributed by atoms with Crippen LogP contribution in [0, 0.1) is 5.92 Å². The summed E-state index contributed by atoms with van der Waals surface area (Å²) in [6.45, 7) is 4.45. The Hall–Kier alpha value is -1.23. The largest absolute Gasteiger partial charge is 0.397 e. The molecule has 0 aromatic carbocycles. The molecule has 5 N–H and O–H groups in total. The Bertz CT molecular complexity index is 527. The molecule has 0 atom stereocenters. The van der Waals surface area contributed by atoms with Crippen LogP contribution in [0.5, 0.6) is 0 Å². The lowest BCUT2D eigenvalue weighted by Crippen LogP contribution is -2.33. The van der Waals surface area contributed by atoms with Crippen LogP contribution in [0.25, 0.3) is 0 Å². The number of nitrogens with two attached hydrogens (primary N) is 2. The van der Waals surface area contributed by atoms with E-state index in [1.54, 1.807) is 0 Å². The maximum absolute atomic E-state index is 11.5. The van der Waals surface area contributed by atoms with Gasteiger partial charge in [0.1, 0.15) is 4.88 Å². The molecule has 104 valence electrons. The van der Waals surface area contributed by atoms with Crippen molar-refractivity contribution in [3.63, 3.8) is 0 Å². The Kier molecular flexibility index (Phi) is 2.78. The zero-order chi connectivity index (χ0) is 13.8. The van der Waals surface area contributed by atoms with Crippen molar-refractivity contribution in [3.05, 3.63) is 10.4 Å². The van der Waals surface area contributed by atoms with Gasteiger partial charge in [-0.05, 0) is 51.4 Å². The number of amides is 1. The Morgan fingerprint density at radius 1 is 1.32 bits per heavy atom. The SMILES string of the molecule is CC(C)(Nc1sc(C(N)=O)c(N)c1C1CC1)C1CC1. The van der Waals surface area contributed by atoms with E-state index in [1.165, 1.54) is 24.2 Å². The summed E-state index contributed by atoms with van der Waals surface area (Å²) in [5, 5.41) is 4.68. The van der Waals surface area contributed by atoms with Crippen molar-refractivity contribution in [3.8, 4) is 0 Å². The van der Waals surface area contributed by atoms with Crippen molar-refractivity contribution in [1.29, 1.82) is 0 Å². The lowest BCUT2D eigenvalue weighted by molar-refractivity contribution is 0.100. The fourth-order valence-corrected chi connectivity index (χ4v) is 3.93. The highest BCUT2D eigenvalue weighted by Gasteiger charge is 2.40. The first-order chi connectivity index (χ1) is 8.90. The third-order valence-electron chi connectivity index (χ3n) is 4.23.